The predicted molar refractivity (Wildman–Crippen MR) is 71.2 cm³/mol. The first-order valence-corrected chi connectivity index (χ1v) is 5.59. The van der Waals surface area contributed by atoms with Gasteiger partial charge in [-0.15, -0.1) is 0 Å². The minimum Gasteiger partial charge on any atom is -0.508 e. The van der Waals surface area contributed by atoms with E-state index in [0.717, 1.165) is 27.7 Å². The molecule has 0 atom stereocenters. The van der Waals surface area contributed by atoms with Gasteiger partial charge in [-0.05, 0) is 41.5 Å². The molecule has 3 heteroatoms. The van der Waals surface area contributed by atoms with Gasteiger partial charge in [0.2, 0.25) is 0 Å². The predicted octanol–water partition coefficient (Wildman–Crippen LogP) is 3.80. The number of hydrogen-bond donors (Lipinski definition) is 2. The number of hydrogen-bond acceptors (Lipinski definition) is 3. The molecule has 0 fully saturated rings. The number of rotatable bonds is 2. The normalized spacial score (nSPS) is 10.7. The van der Waals surface area contributed by atoms with Gasteiger partial charge in [-0.25, -0.2) is 0 Å². The number of phenols is 1. The maximum absolute atomic E-state index is 9.29. The number of benzene rings is 2. The van der Waals surface area contributed by atoms with Crippen LogP contribution in [0.3, 0.4) is 0 Å². The van der Waals surface area contributed by atoms with Crippen molar-refractivity contribution in [3.05, 3.63) is 54.3 Å². The number of nitrogens with one attached hydrogen (secondary N) is 1. The highest BCUT2D eigenvalue weighted by atomic mass is 16.3. The lowest BCUT2D eigenvalue weighted by Gasteiger charge is -2.04. The molecule has 2 aromatic carbocycles. The van der Waals surface area contributed by atoms with Crippen LogP contribution < -0.4 is 0 Å². The maximum Gasteiger partial charge on any atom is 0.142 e. The first kappa shape index (κ1) is 10.6. The van der Waals surface area contributed by atoms with E-state index >= 15 is 0 Å². The van der Waals surface area contributed by atoms with Crippen LogP contribution in [0.15, 0.2) is 53.1 Å². The van der Waals surface area contributed by atoms with Crippen LogP contribution in [0.2, 0.25) is 0 Å². The van der Waals surface area contributed by atoms with E-state index in [2.05, 4.69) is 0 Å². The molecule has 0 aliphatic carbocycles. The molecule has 88 valence electrons. The average Bonchev–Trinajstić information content (AvgIpc) is 2.86. The monoisotopic (exact) mass is 237 g/mol. The summed E-state index contributed by atoms with van der Waals surface area (Å²) in [6, 6.07) is 12.8. The van der Waals surface area contributed by atoms with E-state index in [1.54, 1.807) is 18.4 Å². The molecular formula is C15H11NO2. The minimum atomic E-state index is 0.246. The van der Waals surface area contributed by atoms with Gasteiger partial charge in [0.05, 0.1) is 6.26 Å². The van der Waals surface area contributed by atoms with Crippen LogP contribution in [0, 0.1) is 5.41 Å². The Morgan fingerprint density at radius 3 is 2.50 bits per heavy atom. The molecule has 3 rings (SSSR count). The van der Waals surface area contributed by atoms with Gasteiger partial charge in [-0.1, -0.05) is 12.1 Å². The second-order valence-electron chi connectivity index (χ2n) is 4.10. The summed E-state index contributed by atoms with van der Waals surface area (Å²) in [6.07, 6.45) is 2.91. The van der Waals surface area contributed by atoms with Gasteiger partial charge in [0.1, 0.15) is 11.3 Å². The Morgan fingerprint density at radius 1 is 1.00 bits per heavy atom. The van der Waals surface area contributed by atoms with Gasteiger partial charge in [-0.2, -0.15) is 0 Å². The number of fused-ring (bicyclic) bond motifs is 1. The minimum absolute atomic E-state index is 0.246. The highest BCUT2D eigenvalue weighted by molar-refractivity contribution is 5.98. The first-order valence-electron chi connectivity index (χ1n) is 5.59. The van der Waals surface area contributed by atoms with Crippen LogP contribution in [0.25, 0.3) is 22.1 Å². The molecule has 0 aliphatic heterocycles. The lowest BCUT2D eigenvalue weighted by atomic mass is 10.0. The lowest BCUT2D eigenvalue weighted by molar-refractivity contribution is 0.475. The van der Waals surface area contributed by atoms with Crippen molar-refractivity contribution < 1.29 is 9.52 Å². The summed E-state index contributed by atoms with van der Waals surface area (Å²) in [5, 5.41) is 17.7. The van der Waals surface area contributed by atoms with Gasteiger partial charge < -0.3 is 14.9 Å². The quantitative estimate of drug-likeness (QED) is 0.666. The molecule has 0 spiro atoms. The fraction of sp³-hybridized carbons (Fsp3) is 0. The fourth-order valence-electron chi connectivity index (χ4n) is 2.04. The van der Waals surface area contributed by atoms with Gasteiger partial charge in [0, 0.05) is 17.2 Å². The van der Waals surface area contributed by atoms with Crippen molar-refractivity contribution in [3.8, 4) is 16.9 Å². The molecule has 1 aromatic heterocycles. The molecule has 0 bridgehead atoms. The van der Waals surface area contributed by atoms with E-state index in [1.165, 1.54) is 6.21 Å². The SMILES string of the molecule is N=Cc1cc(-c2ccc(O)cc2)cc2ccoc12. The molecule has 3 nitrogen and oxygen atoms in total. The van der Waals surface area contributed by atoms with Crippen molar-refractivity contribution in [1.29, 1.82) is 5.41 Å². The third-order valence-corrected chi connectivity index (χ3v) is 2.94. The smallest absolute Gasteiger partial charge is 0.142 e. The van der Waals surface area contributed by atoms with E-state index < -0.39 is 0 Å². The molecule has 0 saturated carbocycles. The Labute approximate surface area is 104 Å². The Hall–Kier alpha value is -2.55. The first-order chi connectivity index (χ1) is 8.78. The molecule has 0 saturated heterocycles. The zero-order valence-electron chi connectivity index (χ0n) is 9.55. The summed E-state index contributed by atoms with van der Waals surface area (Å²) in [5.74, 6) is 0.246. The molecule has 0 unspecified atom stereocenters. The van der Waals surface area contributed by atoms with Crippen molar-refractivity contribution in [2.45, 2.75) is 0 Å². The third-order valence-electron chi connectivity index (χ3n) is 2.94. The zero-order chi connectivity index (χ0) is 12.5. The summed E-state index contributed by atoms with van der Waals surface area (Å²) in [7, 11) is 0. The molecule has 18 heavy (non-hydrogen) atoms. The van der Waals surface area contributed by atoms with E-state index in [0.29, 0.717) is 0 Å². The molecular weight excluding hydrogens is 226 g/mol. The third kappa shape index (κ3) is 1.66. The van der Waals surface area contributed by atoms with Crippen LogP contribution in [0.1, 0.15) is 5.56 Å². The van der Waals surface area contributed by atoms with Crippen LogP contribution in [-0.4, -0.2) is 11.3 Å². The molecule has 0 aliphatic rings. The van der Waals surface area contributed by atoms with E-state index in [9.17, 15) is 5.11 Å². The average molecular weight is 237 g/mol. The Morgan fingerprint density at radius 2 is 1.78 bits per heavy atom. The van der Waals surface area contributed by atoms with Crippen molar-refractivity contribution in [3.63, 3.8) is 0 Å². The number of furan rings is 1. The van der Waals surface area contributed by atoms with Crippen LogP contribution in [0.4, 0.5) is 0 Å². The van der Waals surface area contributed by atoms with E-state index in [4.69, 9.17) is 9.83 Å². The largest absolute Gasteiger partial charge is 0.508 e. The standard InChI is InChI=1S/C15H11NO2/c16-9-13-8-12(7-11-5-6-18-15(11)13)10-1-3-14(17)4-2-10/h1-9,16-17H. The van der Waals surface area contributed by atoms with Crippen molar-refractivity contribution >= 4 is 17.2 Å². The van der Waals surface area contributed by atoms with Crippen molar-refractivity contribution in [2.24, 2.45) is 0 Å². The number of phenolic OH excluding ortho intramolecular Hbond substituents is 1. The topological polar surface area (TPSA) is 57.2 Å². The summed E-state index contributed by atoms with van der Waals surface area (Å²) in [4.78, 5) is 0. The number of aromatic hydroxyl groups is 1. The van der Waals surface area contributed by atoms with Crippen molar-refractivity contribution in [1.82, 2.24) is 0 Å². The van der Waals surface area contributed by atoms with Gasteiger partial charge in [-0.3, -0.25) is 0 Å². The second-order valence-corrected chi connectivity index (χ2v) is 4.10. The van der Waals surface area contributed by atoms with Gasteiger partial charge in [0.15, 0.2) is 0 Å². The molecule has 0 amide bonds. The summed E-state index contributed by atoms with van der Waals surface area (Å²) in [6.45, 7) is 0. The summed E-state index contributed by atoms with van der Waals surface area (Å²) >= 11 is 0. The maximum atomic E-state index is 9.29. The summed E-state index contributed by atoms with van der Waals surface area (Å²) < 4.78 is 5.36. The molecule has 2 N–H and O–H groups in total. The summed E-state index contributed by atoms with van der Waals surface area (Å²) in [5.41, 5.74) is 3.48. The van der Waals surface area contributed by atoms with Crippen molar-refractivity contribution in [2.75, 3.05) is 0 Å². The Balaban J connectivity index is 2.22. The second kappa shape index (κ2) is 4.04. The van der Waals surface area contributed by atoms with E-state index in [-0.39, 0.29) is 5.75 Å². The highest BCUT2D eigenvalue weighted by Gasteiger charge is 2.07. The van der Waals surface area contributed by atoms with Crippen LogP contribution >= 0.6 is 0 Å². The molecule has 1 heterocycles. The van der Waals surface area contributed by atoms with E-state index in [1.807, 2.05) is 30.3 Å². The Bertz CT molecular complexity index is 711. The highest BCUT2D eigenvalue weighted by Crippen LogP contribution is 2.28. The molecule has 3 aromatic rings. The zero-order valence-corrected chi connectivity index (χ0v) is 9.55. The fourth-order valence-corrected chi connectivity index (χ4v) is 2.04. The van der Waals surface area contributed by atoms with Gasteiger partial charge >= 0.3 is 0 Å². The van der Waals surface area contributed by atoms with Gasteiger partial charge in [0.25, 0.3) is 0 Å². The Kier molecular flexibility index (Phi) is 2.38. The lowest BCUT2D eigenvalue weighted by Crippen LogP contribution is -1.84. The van der Waals surface area contributed by atoms with Crippen LogP contribution in [-0.2, 0) is 0 Å². The van der Waals surface area contributed by atoms with Crippen LogP contribution in [0.5, 0.6) is 5.75 Å². The molecule has 0 radical (unpaired) electrons.